The molecule has 2 atom stereocenters. The maximum atomic E-state index is 6.05. The molecule has 0 bridgehead atoms. The summed E-state index contributed by atoms with van der Waals surface area (Å²) in [6, 6.07) is 13.6. The van der Waals surface area contributed by atoms with Crippen molar-refractivity contribution in [3.05, 3.63) is 58.7 Å². The molecule has 1 aromatic heterocycles. The first-order valence-electron chi connectivity index (χ1n) is 10.4. The number of halogens is 2. The molecular formula is C23H31Cl2N3O. The second kappa shape index (κ2) is 10.1. The molecule has 0 unspecified atom stereocenters. The number of hydrogen-bond donors (Lipinski definition) is 0. The summed E-state index contributed by atoms with van der Waals surface area (Å²) < 4.78 is 6.02. The van der Waals surface area contributed by atoms with Gasteiger partial charge in [0, 0.05) is 42.9 Å². The van der Waals surface area contributed by atoms with E-state index in [9.17, 15) is 0 Å². The predicted octanol–water partition coefficient (Wildman–Crippen LogP) is 4.77. The topological polar surface area (TPSA) is 28.6 Å². The third-order valence-corrected chi connectivity index (χ3v) is 6.31. The zero-order valence-electron chi connectivity index (χ0n) is 17.3. The van der Waals surface area contributed by atoms with Crippen molar-refractivity contribution in [1.29, 1.82) is 0 Å². The minimum atomic E-state index is 0. The number of morpholine rings is 1. The van der Waals surface area contributed by atoms with Crippen LogP contribution in [0.4, 0.5) is 5.82 Å². The van der Waals surface area contributed by atoms with E-state index in [0.717, 1.165) is 43.5 Å². The van der Waals surface area contributed by atoms with Crippen LogP contribution in [0, 0.1) is 6.92 Å². The minimum Gasteiger partial charge on any atom is -0.376 e. The number of nitrogens with zero attached hydrogens (tertiary/aromatic N) is 3. The lowest BCUT2D eigenvalue weighted by molar-refractivity contribution is -0.0745. The quantitative estimate of drug-likeness (QED) is 0.691. The highest BCUT2D eigenvalue weighted by molar-refractivity contribution is 6.30. The van der Waals surface area contributed by atoms with Crippen molar-refractivity contribution in [3.63, 3.8) is 0 Å². The summed E-state index contributed by atoms with van der Waals surface area (Å²) in [6.07, 6.45) is 5.60. The summed E-state index contributed by atoms with van der Waals surface area (Å²) in [5, 5.41) is 0.797. The van der Waals surface area contributed by atoms with Crippen LogP contribution in [0.2, 0.25) is 5.02 Å². The molecule has 0 radical (unpaired) electrons. The van der Waals surface area contributed by atoms with Gasteiger partial charge in [0.05, 0.1) is 12.7 Å². The van der Waals surface area contributed by atoms with Crippen molar-refractivity contribution in [1.82, 2.24) is 9.88 Å². The summed E-state index contributed by atoms with van der Waals surface area (Å²) >= 11 is 6.05. The number of hydrogen-bond acceptors (Lipinski definition) is 4. The molecule has 3 heterocycles. The van der Waals surface area contributed by atoms with Gasteiger partial charge in [0.25, 0.3) is 0 Å². The van der Waals surface area contributed by atoms with Gasteiger partial charge >= 0.3 is 0 Å². The normalized spacial score (nSPS) is 23.6. The Kier molecular flexibility index (Phi) is 7.80. The number of anilines is 1. The second-order valence-corrected chi connectivity index (χ2v) is 8.67. The van der Waals surface area contributed by atoms with Crippen molar-refractivity contribution in [2.45, 2.75) is 51.3 Å². The van der Waals surface area contributed by atoms with E-state index in [0.29, 0.717) is 18.2 Å². The van der Waals surface area contributed by atoms with Crippen LogP contribution in [-0.2, 0) is 11.2 Å². The number of ether oxygens (including phenoxy) is 1. The van der Waals surface area contributed by atoms with E-state index in [-0.39, 0.29) is 12.4 Å². The van der Waals surface area contributed by atoms with Crippen molar-refractivity contribution >= 4 is 29.8 Å². The molecule has 6 heteroatoms. The summed E-state index contributed by atoms with van der Waals surface area (Å²) in [7, 11) is 0. The maximum Gasteiger partial charge on any atom is 0.128 e. The number of aromatic nitrogens is 1. The lowest BCUT2D eigenvalue weighted by Gasteiger charge is -2.46. The van der Waals surface area contributed by atoms with E-state index in [1.807, 2.05) is 18.3 Å². The highest BCUT2D eigenvalue weighted by atomic mass is 35.5. The van der Waals surface area contributed by atoms with Crippen LogP contribution >= 0.6 is 24.0 Å². The Hall–Kier alpha value is -1.33. The van der Waals surface area contributed by atoms with Crippen LogP contribution in [0.5, 0.6) is 0 Å². The van der Waals surface area contributed by atoms with Gasteiger partial charge in [-0.3, -0.25) is 4.90 Å². The Balaban J connectivity index is 0.00000240. The third kappa shape index (κ3) is 5.64. The summed E-state index contributed by atoms with van der Waals surface area (Å²) in [5.74, 6) is 1.12. The average Bonchev–Trinajstić information content (AvgIpc) is 2.71. The molecule has 4 rings (SSSR count). The van der Waals surface area contributed by atoms with Crippen molar-refractivity contribution in [2.75, 3.05) is 31.1 Å². The fourth-order valence-corrected chi connectivity index (χ4v) is 4.63. The van der Waals surface area contributed by atoms with Crippen molar-refractivity contribution in [2.24, 2.45) is 0 Å². The summed E-state index contributed by atoms with van der Waals surface area (Å²) in [4.78, 5) is 9.72. The summed E-state index contributed by atoms with van der Waals surface area (Å²) in [5.41, 5.74) is 2.61. The van der Waals surface area contributed by atoms with Crippen LogP contribution in [-0.4, -0.2) is 54.3 Å². The molecule has 1 aromatic carbocycles. The molecule has 29 heavy (non-hydrogen) atoms. The van der Waals surface area contributed by atoms with E-state index in [2.05, 4.69) is 52.9 Å². The molecule has 4 nitrogen and oxygen atoms in total. The van der Waals surface area contributed by atoms with Gasteiger partial charge in [-0.05, 0) is 68.5 Å². The van der Waals surface area contributed by atoms with E-state index >= 15 is 0 Å². The number of benzene rings is 1. The molecule has 2 aliphatic rings. The van der Waals surface area contributed by atoms with E-state index in [1.54, 1.807) is 0 Å². The Labute approximate surface area is 185 Å². The van der Waals surface area contributed by atoms with Crippen LogP contribution in [0.15, 0.2) is 42.6 Å². The van der Waals surface area contributed by atoms with Crippen LogP contribution < -0.4 is 4.90 Å². The van der Waals surface area contributed by atoms with Crippen LogP contribution in [0.25, 0.3) is 0 Å². The van der Waals surface area contributed by atoms with Gasteiger partial charge < -0.3 is 9.64 Å². The fourth-order valence-electron chi connectivity index (χ4n) is 4.51. The number of pyridine rings is 1. The Morgan fingerprint density at radius 1 is 1.14 bits per heavy atom. The van der Waals surface area contributed by atoms with E-state index < -0.39 is 0 Å². The SMILES string of the molecule is Cc1ccnc(N2CCC(N3C[C@H](C)OC[C@@H]3Cc3ccc(Cl)cc3)CC2)c1.Cl. The van der Waals surface area contributed by atoms with Gasteiger partial charge in [-0.15, -0.1) is 12.4 Å². The highest BCUT2D eigenvalue weighted by Crippen LogP contribution is 2.27. The fraction of sp³-hybridized carbons (Fsp3) is 0.522. The first kappa shape index (κ1) is 22.4. The van der Waals surface area contributed by atoms with Gasteiger partial charge in [0.2, 0.25) is 0 Å². The van der Waals surface area contributed by atoms with Crippen molar-refractivity contribution < 1.29 is 4.74 Å². The molecule has 0 N–H and O–H groups in total. The van der Waals surface area contributed by atoms with Crippen molar-refractivity contribution in [3.8, 4) is 0 Å². The first-order chi connectivity index (χ1) is 13.6. The third-order valence-electron chi connectivity index (χ3n) is 6.05. The standard InChI is InChI=1S/C23H30ClN3O.ClH/c1-17-7-10-25-23(13-17)26-11-8-21(9-12-26)27-15-18(2)28-16-22(27)14-19-3-5-20(24)6-4-19;/h3-7,10,13,18,21-22H,8-9,11-12,14-16H2,1-2H3;1H/t18-,22-;/m0./s1. The summed E-state index contributed by atoms with van der Waals surface area (Å²) in [6.45, 7) is 8.29. The monoisotopic (exact) mass is 435 g/mol. The Bertz CT molecular complexity index is 778. The number of rotatable bonds is 4. The zero-order chi connectivity index (χ0) is 19.5. The smallest absolute Gasteiger partial charge is 0.128 e. The average molecular weight is 436 g/mol. The van der Waals surface area contributed by atoms with E-state index in [1.165, 1.54) is 24.0 Å². The molecule has 2 fully saturated rings. The number of aryl methyl sites for hydroxylation is 1. The lowest BCUT2D eigenvalue weighted by Crippen LogP contribution is -2.56. The van der Waals surface area contributed by atoms with Gasteiger partial charge in [-0.25, -0.2) is 4.98 Å². The molecule has 0 saturated carbocycles. The molecule has 0 spiro atoms. The van der Waals surface area contributed by atoms with Gasteiger partial charge in [-0.2, -0.15) is 0 Å². The second-order valence-electron chi connectivity index (χ2n) is 8.23. The molecule has 2 saturated heterocycles. The van der Waals surface area contributed by atoms with Crippen LogP contribution in [0.1, 0.15) is 30.9 Å². The Morgan fingerprint density at radius 2 is 1.86 bits per heavy atom. The molecular weight excluding hydrogens is 405 g/mol. The van der Waals surface area contributed by atoms with E-state index in [4.69, 9.17) is 16.3 Å². The van der Waals surface area contributed by atoms with Gasteiger partial charge in [-0.1, -0.05) is 23.7 Å². The maximum absolute atomic E-state index is 6.05. The molecule has 0 aliphatic carbocycles. The largest absolute Gasteiger partial charge is 0.376 e. The van der Waals surface area contributed by atoms with Gasteiger partial charge in [0.15, 0.2) is 0 Å². The van der Waals surface area contributed by atoms with Crippen LogP contribution in [0.3, 0.4) is 0 Å². The van der Waals surface area contributed by atoms with Gasteiger partial charge in [0.1, 0.15) is 5.82 Å². The molecule has 0 amide bonds. The molecule has 2 aliphatic heterocycles. The molecule has 2 aromatic rings. The lowest BCUT2D eigenvalue weighted by atomic mass is 9.96. The molecule has 158 valence electrons. The first-order valence-corrected chi connectivity index (χ1v) is 10.8. The Morgan fingerprint density at radius 3 is 2.55 bits per heavy atom. The minimum absolute atomic E-state index is 0. The highest BCUT2D eigenvalue weighted by Gasteiger charge is 2.34. The predicted molar refractivity (Wildman–Crippen MR) is 123 cm³/mol. The number of piperidine rings is 1. The zero-order valence-corrected chi connectivity index (χ0v) is 18.8.